The second-order valence-corrected chi connectivity index (χ2v) is 8.06. The average molecular weight is 295 g/mol. The molecular formula is C19H38N2. The molecule has 0 radical (unpaired) electrons. The number of hydrogen-bond acceptors (Lipinski definition) is 2. The van der Waals surface area contributed by atoms with Crippen LogP contribution in [0.3, 0.4) is 0 Å². The van der Waals surface area contributed by atoms with Crippen LogP contribution in [0.4, 0.5) is 0 Å². The summed E-state index contributed by atoms with van der Waals surface area (Å²) in [5.41, 5.74) is 6.15. The van der Waals surface area contributed by atoms with Crippen molar-refractivity contribution >= 4 is 0 Å². The molecule has 2 nitrogen and oxygen atoms in total. The molecule has 0 saturated heterocycles. The Morgan fingerprint density at radius 2 is 1.81 bits per heavy atom. The Hall–Kier alpha value is -0.0800. The molecule has 2 rings (SSSR count). The fourth-order valence-corrected chi connectivity index (χ4v) is 4.86. The zero-order valence-electron chi connectivity index (χ0n) is 14.7. The molecule has 3 unspecified atom stereocenters. The van der Waals surface area contributed by atoms with Crippen LogP contribution in [0.1, 0.15) is 78.6 Å². The highest BCUT2D eigenvalue weighted by Crippen LogP contribution is 2.38. The largest absolute Gasteiger partial charge is 0.330 e. The molecule has 0 spiro atoms. The summed E-state index contributed by atoms with van der Waals surface area (Å²) in [6.07, 6.45) is 12.7. The normalized spacial score (nSPS) is 31.4. The van der Waals surface area contributed by atoms with E-state index in [-0.39, 0.29) is 0 Å². The van der Waals surface area contributed by atoms with Crippen LogP contribution in [0, 0.1) is 17.8 Å². The molecule has 2 heteroatoms. The van der Waals surface area contributed by atoms with Crippen molar-refractivity contribution in [3.63, 3.8) is 0 Å². The zero-order chi connectivity index (χ0) is 15.2. The third kappa shape index (κ3) is 4.69. The van der Waals surface area contributed by atoms with E-state index in [0.29, 0.717) is 0 Å². The van der Waals surface area contributed by atoms with Gasteiger partial charge < -0.3 is 5.73 Å². The van der Waals surface area contributed by atoms with Crippen molar-refractivity contribution in [2.45, 2.75) is 90.6 Å². The third-order valence-electron chi connectivity index (χ3n) is 5.86. The van der Waals surface area contributed by atoms with Gasteiger partial charge in [0, 0.05) is 18.6 Å². The Morgan fingerprint density at radius 1 is 1.10 bits per heavy atom. The lowest BCUT2D eigenvalue weighted by Crippen LogP contribution is -2.51. The fraction of sp³-hybridized carbons (Fsp3) is 1.00. The first-order valence-electron chi connectivity index (χ1n) is 9.61. The predicted octanol–water partition coefficient (Wildman–Crippen LogP) is 4.43. The third-order valence-corrected chi connectivity index (χ3v) is 5.86. The smallest absolute Gasteiger partial charge is 0.0141 e. The van der Waals surface area contributed by atoms with Crippen LogP contribution in [0.15, 0.2) is 0 Å². The highest BCUT2D eigenvalue weighted by molar-refractivity contribution is 4.92. The number of rotatable bonds is 7. The minimum absolute atomic E-state index is 0.748. The van der Waals surface area contributed by atoms with Crippen LogP contribution in [0.25, 0.3) is 0 Å². The van der Waals surface area contributed by atoms with Crippen molar-refractivity contribution in [2.24, 2.45) is 23.5 Å². The van der Waals surface area contributed by atoms with Gasteiger partial charge in [0.15, 0.2) is 0 Å². The molecule has 0 aromatic rings. The summed E-state index contributed by atoms with van der Waals surface area (Å²) in [6, 6.07) is 1.62. The second kappa shape index (κ2) is 8.53. The summed E-state index contributed by atoms with van der Waals surface area (Å²) in [4.78, 5) is 2.91. The van der Waals surface area contributed by atoms with Gasteiger partial charge in [-0.3, -0.25) is 4.90 Å². The van der Waals surface area contributed by atoms with Gasteiger partial charge in [0.05, 0.1) is 0 Å². The molecule has 0 heterocycles. The first-order valence-corrected chi connectivity index (χ1v) is 9.61. The SMILES string of the molecule is CCCC1CCC(CN)C(N(CC(C)C)C2CCCC2)C1. The Bertz CT molecular complexity index is 283. The van der Waals surface area contributed by atoms with E-state index in [4.69, 9.17) is 5.73 Å². The summed E-state index contributed by atoms with van der Waals surface area (Å²) in [6.45, 7) is 9.28. The average Bonchev–Trinajstić information content (AvgIpc) is 2.99. The molecule has 2 aliphatic carbocycles. The van der Waals surface area contributed by atoms with E-state index in [9.17, 15) is 0 Å². The van der Waals surface area contributed by atoms with Gasteiger partial charge in [-0.1, -0.05) is 52.9 Å². The lowest BCUT2D eigenvalue weighted by Gasteiger charge is -2.46. The van der Waals surface area contributed by atoms with E-state index in [1.54, 1.807) is 0 Å². The molecule has 2 N–H and O–H groups in total. The number of hydrogen-bond donors (Lipinski definition) is 1. The summed E-state index contributed by atoms with van der Waals surface area (Å²) in [5.74, 6) is 2.48. The van der Waals surface area contributed by atoms with E-state index in [0.717, 1.165) is 36.4 Å². The first kappa shape index (κ1) is 17.3. The van der Waals surface area contributed by atoms with E-state index in [1.807, 2.05) is 0 Å². The van der Waals surface area contributed by atoms with Crippen molar-refractivity contribution in [1.29, 1.82) is 0 Å². The minimum atomic E-state index is 0.748. The monoisotopic (exact) mass is 294 g/mol. The maximum absolute atomic E-state index is 6.15. The fourth-order valence-electron chi connectivity index (χ4n) is 4.86. The Labute approximate surface area is 132 Å². The van der Waals surface area contributed by atoms with Crippen LogP contribution in [-0.4, -0.2) is 30.1 Å². The molecule has 2 fully saturated rings. The Morgan fingerprint density at radius 3 is 2.38 bits per heavy atom. The molecule has 3 atom stereocenters. The van der Waals surface area contributed by atoms with Gasteiger partial charge in [-0.05, 0) is 50.0 Å². The maximum atomic E-state index is 6.15. The highest BCUT2D eigenvalue weighted by Gasteiger charge is 2.37. The van der Waals surface area contributed by atoms with Gasteiger partial charge in [-0.25, -0.2) is 0 Å². The van der Waals surface area contributed by atoms with Crippen molar-refractivity contribution in [3.05, 3.63) is 0 Å². The molecule has 0 aliphatic heterocycles. The predicted molar refractivity (Wildman–Crippen MR) is 92.4 cm³/mol. The lowest BCUT2D eigenvalue weighted by atomic mass is 9.75. The summed E-state index contributed by atoms with van der Waals surface area (Å²) in [5, 5.41) is 0. The molecule has 21 heavy (non-hydrogen) atoms. The molecular weight excluding hydrogens is 256 g/mol. The van der Waals surface area contributed by atoms with Crippen molar-refractivity contribution < 1.29 is 0 Å². The lowest BCUT2D eigenvalue weighted by molar-refractivity contribution is 0.0370. The molecule has 2 aliphatic rings. The molecule has 2 saturated carbocycles. The zero-order valence-corrected chi connectivity index (χ0v) is 14.7. The first-order chi connectivity index (χ1) is 10.2. The molecule has 0 aromatic heterocycles. The van der Waals surface area contributed by atoms with Crippen molar-refractivity contribution in [1.82, 2.24) is 4.90 Å². The topological polar surface area (TPSA) is 29.3 Å². The molecule has 124 valence electrons. The quantitative estimate of drug-likeness (QED) is 0.752. The van der Waals surface area contributed by atoms with Crippen molar-refractivity contribution in [3.8, 4) is 0 Å². The molecule has 0 amide bonds. The second-order valence-electron chi connectivity index (χ2n) is 8.06. The summed E-state index contributed by atoms with van der Waals surface area (Å²) in [7, 11) is 0. The Balaban J connectivity index is 2.08. The van der Waals surface area contributed by atoms with Gasteiger partial charge in [-0.2, -0.15) is 0 Å². The van der Waals surface area contributed by atoms with Gasteiger partial charge >= 0.3 is 0 Å². The van der Waals surface area contributed by atoms with Crippen LogP contribution < -0.4 is 5.73 Å². The van der Waals surface area contributed by atoms with E-state index >= 15 is 0 Å². The van der Waals surface area contributed by atoms with Gasteiger partial charge in [0.25, 0.3) is 0 Å². The van der Waals surface area contributed by atoms with Crippen LogP contribution in [0.5, 0.6) is 0 Å². The number of nitrogens with two attached hydrogens (primary N) is 1. The minimum Gasteiger partial charge on any atom is -0.330 e. The van der Waals surface area contributed by atoms with Gasteiger partial charge in [0.1, 0.15) is 0 Å². The van der Waals surface area contributed by atoms with Crippen LogP contribution >= 0.6 is 0 Å². The Kier molecular flexibility index (Phi) is 7.01. The van der Waals surface area contributed by atoms with E-state index in [2.05, 4.69) is 25.7 Å². The molecule has 0 bridgehead atoms. The van der Waals surface area contributed by atoms with E-state index in [1.165, 1.54) is 64.3 Å². The van der Waals surface area contributed by atoms with Gasteiger partial charge in [-0.15, -0.1) is 0 Å². The molecule has 0 aromatic carbocycles. The summed E-state index contributed by atoms with van der Waals surface area (Å²) >= 11 is 0. The maximum Gasteiger partial charge on any atom is 0.0141 e. The van der Waals surface area contributed by atoms with Crippen molar-refractivity contribution in [2.75, 3.05) is 13.1 Å². The highest BCUT2D eigenvalue weighted by atomic mass is 15.2. The van der Waals surface area contributed by atoms with Crippen LogP contribution in [0.2, 0.25) is 0 Å². The standard InChI is InChI=1S/C19H38N2/c1-4-7-16-10-11-17(13-20)19(12-16)21(14-15(2)3)18-8-5-6-9-18/h15-19H,4-14,20H2,1-3H3. The summed E-state index contributed by atoms with van der Waals surface area (Å²) < 4.78 is 0. The van der Waals surface area contributed by atoms with Crippen LogP contribution in [-0.2, 0) is 0 Å². The number of nitrogens with zero attached hydrogens (tertiary/aromatic N) is 1. The van der Waals surface area contributed by atoms with Gasteiger partial charge in [0.2, 0.25) is 0 Å². The van der Waals surface area contributed by atoms with E-state index < -0.39 is 0 Å².